The van der Waals surface area contributed by atoms with Crippen LogP contribution in [0.15, 0.2) is 18.3 Å². The molecule has 0 saturated carbocycles. The maximum atomic E-state index is 12.8. The van der Waals surface area contributed by atoms with Crippen LogP contribution in [0.2, 0.25) is 0 Å². The van der Waals surface area contributed by atoms with Crippen LogP contribution in [0.1, 0.15) is 26.5 Å². The van der Waals surface area contributed by atoms with E-state index >= 15 is 0 Å². The van der Waals surface area contributed by atoms with Crippen LogP contribution in [0.25, 0.3) is 11.4 Å². The van der Waals surface area contributed by atoms with Gasteiger partial charge in [-0.3, -0.25) is 4.79 Å². The average molecular weight is 463 g/mol. The number of aromatic amines is 1. The molecule has 0 aliphatic heterocycles. The Morgan fingerprint density at radius 1 is 0.939 bits per heavy atom. The van der Waals surface area contributed by atoms with E-state index in [0.717, 1.165) is 0 Å². The largest absolute Gasteiger partial charge is 0.496 e. The highest BCUT2D eigenvalue weighted by Gasteiger charge is 2.50. The summed E-state index contributed by atoms with van der Waals surface area (Å²) in [5.74, 6) is -0.699. The first-order chi connectivity index (χ1) is 15.8. The maximum absolute atomic E-state index is 12.8. The number of hydrogen-bond donors (Lipinski definition) is 2. The van der Waals surface area contributed by atoms with Gasteiger partial charge in [-0.1, -0.05) is 0 Å². The molecule has 1 aromatic heterocycles. The minimum atomic E-state index is -2.08. The minimum absolute atomic E-state index is 0.0106. The van der Waals surface area contributed by atoms with Gasteiger partial charge >= 0.3 is 11.9 Å². The molecule has 2 aromatic rings. The molecule has 1 aromatic carbocycles. The first kappa shape index (κ1) is 25.5. The molecule has 33 heavy (non-hydrogen) atoms. The summed E-state index contributed by atoms with van der Waals surface area (Å²) in [5, 5.41) is 2.42. The Hall–Kier alpha value is -3.76. The van der Waals surface area contributed by atoms with Crippen molar-refractivity contribution in [1.29, 1.82) is 0 Å². The molecule has 0 saturated heterocycles. The van der Waals surface area contributed by atoms with Gasteiger partial charge in [-0.25, -0.2) is 14.6 Å². The lowest BCUT2D eigenvalue weighted by Gasteiger charge is -2.29. The van der Waals surface area contributed by atoms with Gasteiger partial charge in [-0.15, -0.1) is 0 Å². The fraction of sp³-hybridized carbons (Fsp3) is 0.455. The Bertz CT molecular complexity index is 984. The molecular formula is C22H29N3O8. The van der Waals surface area contributed by atoms with Gasteiger partial charge in [-0.05, 0) is 19.9 Å². The Morgan fingerprint density at radius 2 is 1.48 bits per heavy atom. The fourth-order valence-electron chi connectivity index (χ4n) is 3.27. The number of nitrogens with one attached hydrogen (secondary N) is 2. The minimum Gasteiger partial charge on any atom is -0.496 e. The molecule has 2 rings (SSSR count). The summed E-state index contributed by atoms with van der Waals surface area (Å²) in [5.41, 5.74) is -1.15. The van der Waals surface area contributed by atoms with E-state index in [1.807, 2.05) is 0 Å². The molecule has 0 spiro atoms. The lowest BCUT2D eigenvalue weighted by atomic mass is 9.93. The number of amides is 1. The molecule has 0 aliphatic carbocycles. The molecule has 0 unspecified atom stereocenters. The SMILES string of the molecule is CCOC(=O)C(Cc1cnc(-c2cc(OC)c(OC)cc2OC)[nH]1)(NC(C)=O)C(=O)OCC. The average Bonchev–Trinajstić information content (AvgIpc) is 3.25. The molecular weight excluding hydrogens is 434 g/mol. The second kappa shape index (κ2) is 11.2. The summed E-state index contributed by atoms with van der Waals surface area (Å²) in [7, 11) is 4.51. The number of esters is 2. The highest BCUT2D eigenvalue weighted by atomic mass is 16.6. The van der Waals surface area contributed by atoms with Crippen molar-refractivity contribution in [3.8, 4) is 28.6 Å². The van der Waals surface area contributed by atoms with Crippen LogP contribution in [-0.4, -0.2) is 67.9 Å². The van der Waals surface area contributed by atoms with Crippen LogP contribution in [-0.2, 0) is 30.3 Å². The van der Waals surface area contributed by atoms with Crippen molar-refractivity contribution in [1.82, 2.24) is 15.3 Å². The quantitative estimate of drug-likeness (QED) is 0.376. The number of benzene rings is 1. The van der Waals surface area contributed by atoms with Crippen LogP contribution in [0, 0.1) is 0 Å². The second-order valence-corrected chi connectivity index (χ2v) is 6.87. The number of ether oxygens (including phenoxy) is 5. The number of H-pyrrole nitrogens is 1. The number of imidazole rings is 1. The van der Waals surface area contributed by atoms with Crippen LogP contribution in [0.5, 0.6) is 17.2 Å². The summed E-state index contributed by atoms with van der Waals surface area (Å²) in [4.78, 5) is 45.0. The number of carbonyl (C=O) groups excluding carboxylic acids is 3. The van der Waals surface area contributed by atoms with Crippen molar-refractivity contribution in [2.45, 2.75) is 32.7 Å². The third-order valence-corrected chi connectivity index (χ3v) is 4.68. The summed E-state index contributed by atoms with van der Waals surface area (Å²) in [6.07, 6.45) is 1.17. The molecule has 11 nitrogen and oxygen atoms in total. The van der Waals surface area contributed by atoms with E-state index in [0.29, 0.717) is 34.3 Å². The third kappa shape index (κ3) is 5.54. The Balaban J connectivity index is 2.53. The van der Waals surface area contributed by atoms with Gasteiger partial charge in [0.15, 0.2) is 11.5 Å². The molecule has 1 heterocycles. The molecule has 0 aliphatic rings. The van der Waals surface area contributed by atoms with E-state index in [2.05, 4.69) is 15.3 Å². The van der Waals surface area contributed by atoms with Crippen LogP contribution in [0.4, 0.5) is 0 Å². The summed E-state index contributed by atoms with van der Waals surface area (Å²) in [6.45, 7) is 4.41. The lowest BCUT2D eigenvalue weighted by Crippen LogP contribution is -2.62. The van der Waals surface area contributed by atoms with E-state index in [1.54, 1.807) is 26.0 Å². The van der Waals surface area contributed by atoms with Crippen LogP contribution < -0.4 is 19.5 Å². The van der Waals surface area contributed by atoms with Crippen LogP contribution in [0.3, 0.4) is 0 Å². The lowest BCUT2D eigenvalue weighted by molar-refractivity contribution is -0.168. The Morgan fingerprint density at radius 3 is 1.97 bits per heavy atom. The van der Waals surface area contributed by atoms with E-state index < -0.39 is 23.4 Å². The van der Waals surface area contributed by atoms with Gasteiger partial charge in [0.1, 0.15) is 11.6 Å². The van der Waals surface area contributed by atoms with E-state index in [4.69, 9.17) is 23.7 Å². The molecule has 0 fully saturated rings. The highest BCUT2D eigenvalue weighted by molar-refractivity contribution is 6.08. The van der Waals surface area contributed by atoms with E-state index in [1.165, 1.54) is 34.4 Å². The van der Waals surface area contributed by atoms with Gasteiger partial charge in [0.25, 0.3) is 0 Å². The van der Waals surface area contributed by atoms with Gasteiger partial charge < -0.3 is 34.0 Å². The zero-order chi connectivity index (χ0) is 24.6. The van der Waals surface area contributed by atoms with Crippen molar-refractivity contribution in [2.75, 3.05) is 34.5 Å². The Kier molecular flexibility index (Phi) is 8.66. The van der Waals surface area contributed by atoms with Crippen molar-refractivity contribution in [3.63, 3.8) is 0 Å². The second-order valence-electron chi connectivity index (χ2n) is 6.87. The molecule has 2 N–H and O–H groups in total. The molecule has 180 valence electrons. The van der Waals surface area contributed by atoms with Gasteiger partial charge in [0.2, 0.25) is 11.4 Å². The van der Waals surface area contributed by atoms with E-state index in [9.17, 15) is 14.4 Å². The van der Waals surface area contributed by atoms with Gasteiger partial charge in [-0.2, -0.15) is 0 Å². The smallest absolute Gasteiger partial charge is 0.344 e. The van der Waals surface area contributed by atoms with Gasteiger partial charge in [0.05, 0.1) is 40.1 Å². The first-order valence-corrected chi connectivity index (χ1v) is 10.2. The number of carbonyl (C=O) groups is 3. The standard InChI is InChI=1S/C22H29N3O8/c1-7-32-20(27)22(25-13(3)26,21(28)33-8-2)11-14-12-23-19(24-14)15-9-17(30-5)18(31-6)10-16(15)29-4/h9-10,12H,7-8,11H2,1-6H3,(H,23,24)(H,25,26). The topological polar surface area (TPSA) is 138 Å². The third-order valence-electron chi connectivity index (χ3n) is 4.68. The molecule has 0 radical (unpaired) electrons. The number of methoxy groups -OCH3 is 3. The summed E-state index contributed by atoms with van der Waals surface area (Å²) in [6, 6.07) is 3.33. The summed E-state index contributed by atoms with van der Waals surface area (Å²) >= 11 is 0. The van der Waals surface area contributed by atoms with Crippen molar-refractivity contribution < 1.29 is 38.1 Å². The number of aromatic nitrogens is 2. The number of rotatable bonds is 11. The zero-order valence-corrected chi connectivity index (χ0v) is 19.6. The van der Waals surface area contributed by atoms with Crippen LogP contribution >= 0.6 is 0 Å². The predicted molar refractivity (Wildman–Crippen MR) is 117 cm³/mol. The molecule has 1 amide bonds. The van der Waals surface area contributed by atoms with Crippen molar-refractivity contribution in [3.05, 3.63) is 24.0 Å². The first-order valence-electron chi connectivity index (χ1n) is 10.2. The zero-order valence-electron chi connectivity index (χ0n) is 19.6. The van der Waals surface area contributed by atoms with Crippen molar-refractivity contribution in [2.24, 2.45) is 0 Å². The van der Waals surface area contributed by atoms with Crippen molar-refractivity contribution >= 4 is 17.8 Å². The normalized spacial score (nSPS) is 10.8. The molecule has 11 heteroatoms. The van der Waals surface area contributed by atoms with E-state index in [-0.39, 0.29) is 19.6 Å². The molecule has 0 bridgehead atoms. The fourth-order valence-corrected chi connectivity index (χ4v) is 3.27. The Labute approximate surface area is 191 Å². The predicted octanol–water partition coefficient (Wildman–Crippen LogP) is 1.65. The maximum Gasteiger partial charge on any atom is 0.344 e. The highest BCUT2D eigenvalue weighted by Crippen LogP contribution is 2.39. The summed E-state index contributed by atoms with van der Waals surface area (Å²) < 4.78 is 26.3. The number of hydrogen-bond acceptors (Lipinski definition) is 9. The van der Waals surface area contributed by atoms with Gasteiger partial charge in [0, 0.05) is 31.3 Å². The number of nitrogens with zero attached hydrogens (tertiary/aromatic N) is 1. The molecule has 0 atom stereocenters. The monoisotopic (exact) mass is 463 g/mol.